The van der Waals surface area contributed by atoms with Crippen LogP contribution < -0.4 is 0 Å². The molecule has 0 aliphatic heterocycles. The highest BCUT2D eigenvalue weighted by molar-refractivity contribution is 7.21. The number of fused-ring (bicyclic) bond motifs is 1. The Hall–Kier alpha value is -1.36. The summed E-state index contributed by atoms with van der Waals surface area (Å²) in [5.41, 5.74) is 1.19. The normalized spacial score (nSPS) is 10.8. The fourth-order valence-corrected chi connectivity index (χ4v) is 1.83. The summed E-state index contributed by atoms with van der Waals surface area (Å²) < 4.78 is 0.729. The molecule has 2 rings (SSSR count). The molecule has 2 N–H and O–H groups in total. The van der Waals surface area contributed by atoms with E-state index in [1.54, 1.807) is 6.92 Å². The van der Waals surface area contributed by atoms with Crippen molar-refractivity contribution >= 4 is 21.6 Å². The highest BCUT2D eigenvalue weighted by atomic mass is 32.1. The highest BCUT2D eigenvalue weighted by Gasteiger charge is 2.12. The van der Waals surface area contributed by atoms with E-state index in [0.717, 1.165) is 21.7 Å². The maximum absolute atomic E-state index is 9.29. The molecule has 2 aromatic rings. The molecular weight excluding hydrogens is 176 g/mol. The van der Waals surface area contributed by atoms with Crippen molar-refractivity contribution in [3.8, 4) is 10.8 Å². The second-order valence-corrected chi connectivity index (χ2v) is 3.39. The highest BCUT2D eigenvalue weighted by Crippen LogP contribution is 2.41. The van der Waals surface area contributed by atoms with Crippen LogP contribution in [0.25, 0.3) is 10.2 Å². The smallest absolute Gasteiger partial charge is 0.217 e. The number of nitrogens with zero attached hydrogens (tertiary/aromatic N) is 2. The third-order valence-electron chi connectivity index (χ3n) is 1.61. The average molecular weight is 182 g/mol. The molecule has 0 saturated carbocycles. The van der Waals surface area contributed by atoms with Crippen molar-refractivity contribution < 1.29 is 10.2 Å². The van der Waals surface area contributed by atoms with Crippen LogP contribution in [0.15, 0.2) is 6.33 Å². The van der Waals surface area contributed by atoms with Gasteiger partial charge in [0.15, 0.2) is 5.75 Å². The Morgan fingerprint density at radius 3 is 2.75 bits per heavy atom. The Balaban J connectivity index is 2.95. The molecule has 12 heavy (non-hydrogen) atoms. The van der Waals surface area contributed by atoms with Crippen LogP contribution in [0, 0.1) is 6.92 Å². The summed E-state index contributed by atoms with van der Waals surface area (Å²) in [5.74, 6) is -0.152. The first-order valence-electron chi connectivity index (χ1n) is 3.32. The van der Waals surface area contributed by atoms with Crippen LogP contribution in [0.4, 0.5) is 0 Å². The summed E-state index contributed by atoms with van der Waals surface area (Å²) in [6.45, 7) is 1.80. The van der Waals surface area contributed by atoms with Gasteiger partial charge in [0.2, 0.25) is 5.06 Å². The van der Waals surface area contributed by atoms with Crippen LogP contribution in [0.5, 0.6) is 10.8 Å². The molecule has 0 unspecified atom stereocenters. The maximum atomic E-state index is 9.29. The monoisotopic (exact) mass is 182 g/mol. The molecule has 0 amide bonds. The third kappa shape index (κ3) is 0.831. The lowest BCUT2D eigenvalue weighted by Gasteiger charge is -1.90. The van der Waals surface area contributed by atoms with Crippen molar-refractivity contribution in [1.82, 2.24) is 9.97 Å². The largest absolute Gasteiger partial charge is 0.502 e. The van der Waals surface area contributed by atoms with Crippen LogP contribution in [-0.4, -0.2) is 20.2 Å². The molecule has 0 saturated heterocycles. The molecule has 2 heterocycles. The standard InChI is InChI=1S/C7H6N2O2S/c1-3-6-4(9-2-8-3)5(10)7(11)12-6/h2,10-11H,1H3. The third-order valence-corrected chi connectivity index (χ3v) is 2.69. The van der Waals surface area contributed by atoms with Crippen molar-refractivity contribution in [1.29, 1.82) is 0 Å². The fourth-order valence-electron chi connectivity index (χ4n) is 0.999. The lowest BCUT2D eigenvalue weighted by molar-refractivity contribution is 0.418. The predicted molar refractivity (Wildman–Crippen MR) is 45.5 cm³/mol. The summed E-state index contributed by atoms with van der Waals surface area (Å²) in [6, 6.07) is 0. The summed E-state index contributed by atoms with van der Waals surface area (Å²) >= 11 is 1.09. The Bertz CT molecular complexity index is 438. The minimum atomic E-state index is -0.152. The van der Waals surface area contributed by atoms with E-state index in [1.807, 2.05) is 0 Å². The maximum Gasteiger partial charge on any atom is 0.217 e. The molecule has 0 aliphatic carbocycles. The number of aryl methyl sites for hydroxylation is 1. The van der Waals surface area contributed by atoms with Crippen molar-refractivity contribution in [2.45, 2.75) is 6.92 Å². The number of rotatable bonds is 0. The molecular formula is C7H6N2O2S. The van der Waals surface area contributed by atoms with Crippen LogP contribution in [0.1, 0.15) is 5.69 Å². The van der Waals surface area contributed by atoms with Gasteiger partial charge < -0.3 is 10.2 Å². The van der Waals surface area contributed by atoms with Gasteiger partial charge in [-0.15, -0.1) is 0 Å². The topological polar surface area (TPSA) is 66.2 Å². The lowest BCUT2D eigenvalue weighted by Crippen LogP contribution is -1.81. The van der Waals surface area contributed by atoms with E-state index in [-0.39, 0.29) is 10.8 Å². The minimum Gasteiger partial charge on any atom is -0.502 e. The van der Waals surface area contributed by atoms with Crippen LogP contribution in [0.2, 0.25) is 0 Å². The first-order valence-corrected chi connectivity index (χ1v) is 4.14. The Morgan fingerprint density at radius 2 is 2.08 bits per heavy atom. The number of thiophene rings is 1. The molecule has 0 bridgehead atoms. The van der Waals surface area contributed by atoms with Crippen LogP contribution in [-0.2, 0) is 0 Å². The Morgan fingerprint density at radius 1 is 1.33 bits per heavy atom. The van der Waals surface area contributed by atoms with E-state index in [4.69, 9.17) is 5.11 Å². The van der Waals surface area contributed by atoms with Gasteiger partial charge in [-0.2, -0.15) is 0 Å². The Labute approximate surface area is 72.1 Å². The van der Waals surface area contributed by atoms with Gasteiger partial charge in [-0.3, -0.25) is 0 Å². The second kappa shape index (κ2) is 2.31. The van der Waals surface area contributed by atoms with Gasteiger partial charge in [-0.25, -0.2) is 9.97 Å². The van der Waals surface area contributed by atoms with Crippen molar-refractivity contribution in [3.05, 3.63) is 12.0 Å². The predicted octanol–water partition coefficient (Wildman–Crippen LogP) is 1.41. The summed E-state index contributed by atoms with van der Waals surface area (Å²) in [6.07, 6.45) is 1.36. The first-order chi connectivity index (χ1) is 5.70. The van der Waals surface area contributed by atoms with Crippen LogP contribution in [0.3, 0.4) is 0 Å². The molecule has 2 aromatic heterocycles. The van der Waals surface area contributed by atoms with Gasteiger partial charge in [-0.1, -0.05) is 11.3 Å². The van der Waals surface area contributed by atoms with Gasteiger partial charge in [0.25, 0.3) is 0 Å². The van der Waals surface area contributed by atoms with E-state index in [1.165, 1.54) is 6.33 Å². The first kappa shape index (κ1) is 7.30. The molecule has 5 heteroatoms. The van der Waals surface area contributed by atoms with E-state index in [0.29, 0.717) is 5.52 Å². The molecule has 0 aliphatic rings. The quantitative estimate of drug-likeness (QED) is 0.646. The molecule has 4 nitrogen and oxygen atoms in total. The van der Waals surface area contributed by atoms with Crippen LogP contribution >= 0.6 is 11.3 Å². The van der Waals surface area contributed by atoms with Gasteiger partial charge >= 0.3 is 0 Å². The van der Waals surface area contributed by atoms with E-state index in [2.05, 4.69) is 9.97 Å². The summed E-state index contributed by atoms with van der Waals surface area (Å²) in [4.78, 5) is 7.79. The van der Waals surface area contributed by atoms with E-state index >= 15 is 0 Å². The number of aromatic nitrogens is 2. The van der Waals surface area contributed by atoms with Crippen molar-refractivity contribution in [2.24, 2.45) is 0 Å². The van der Waals surface area contributed by atoms with Crippen molar-refractivity contribution in [2.75, 3.05) is 0 Å². The summed E-state index contributed by atoms with van der Waals surface area (Å²) in [7, 11) is 0. The lowest BCUT2D eigenvalue weighted by atomic mass is 10.3. The SMILES string of the molecule is Cc1ncnc2c(O)c(O)sc12. The van der Waals surface area contributed by atoms with Gasteiger partial charge in [0.1, 0.15) is 11.8 Å². The molecule has 0 atom stereocenters. The van der Waals surface area contributed by atoms with Gasteiger partial charge in [0.05, 0.1) is 10.4 Å². The zero-order valence-corrected chi connectivity index (χ0v) is 7.09. The molecule has 0 fully saturated rings. The van der Waals surface area contributed by atoms with E-state index in [9.17, 15) is 5.11 Å². The average Bonchev–Trinajstić information content (AvgIpc) is 2.32. The van der Waals surface area contributed by atoms with Crippen molar-refractivity contribution in [3.63, 3.8) is 0 Å². The van der Waals surface area contributed by atoms with Gasteiger partial charge in [0, 0.05) is 0 Å². The zero-order valence-electron chi connectivity index (χ0n) is 6.27. The van der Waals surface area contributed by atoms with E-state index < -0.39 is 0 Å². The molecule has 0 aromatic carbocycles. The molecule has 62 valence electrons. The molecule has 0 spiro atoms. The zero-order chi connectivity index (χ0) is 8.72. The van der Waals surface area contributed by atoms with Gasteiger partial charge in [-0.05, 0) is 6.92 Å². The number of hydrogen-bond donors (Lipinski definition) is 2. The fraction of sp³-hybridized carbons (Fsp3) is 0.143. The molecule has 0 radical (unpaired) electrons. The Kier molecular flexibility index (Phi) is 1.41. The summed E-state index contributed by atoms with van der Waals surface area (Å²) in [5, 5.41) is 18.4. The minimum absolute atomic E-state index is 0.103. The number of hydrogen-bond acceptors (Lipinski definition) is 5. The number of aromatic hydroxyl groups is 2. The second-order valence-electron chi connectivity index (χ2n) is 2.39.